The zero-order valence-corrected chi connectivity index (χ0v) is 12.1. The number of anilines is 1. The lowest BCUT2D eigenvalue weighted by atomic mass is 10.1. The molecule has 0 fully saturated rings. The molecular weight excluding hydrogens is 258 g/mol. The summed E-state index contributed by atoms with van der Waals surface area (Å²) >= 11 is 0. The quantitative estimate of drug-likeness (QED) is 0.804. The van der Waals surface area contributed by atoms with Gasteiger partial charge in [0.1, 0.15) is 6.33 Å². The molecule has 2 rings (SSSR count). The molecule has 0 spiro atoms. The normalized spacial score (nSPS) is 12.7. The van der Waals surface area contributed by atoms with Crippen LogP contribution in [0.4, 0.5) is 5.69 Å². The summed E-state index contributed by atoms with van der Waals surface area (Å²) in [7, 11) is 3.24. The van der Waals surface area contributed by atoms with Gasteiger partial charge in [-0.05, 0) is 42.0 Å². The highest BCUT2D eigenvalue weighted by Crippen LogP contribution is 2.20. The lowest BCUT2D eigenvalue weighted by Crippen LogP contribution is -2.34. The van der Waals surface area contributed by atoms with Gasteiger partial charge in [0, 0.05) is 19.9 Å². The minimum atomic E-state index is -0.314. The van der Waals surface area contributed by atoms with Crippen LogP contribution in [0.3, 0.4) is 0 Å². The van der Waals surface area contributed by atoms with Crippen molar-refractivity contribution in [1.29, 1.82) is 0 Å². The zero-order valence-electron chi connectivity index (χ0n) is 12.1. The van der Waals surface area contributed by atoms with Gasteiger partial charge in [-0.3, -0.25) is 0 Å². The average Bonchev–Trinajstić information content (AvgIpc) is 2.96. The third kappa shape index (κ3) is 3.12. The molecule has 2 aromatic rings. The predicted molar refractivity (Wildman–Crippen MR) is 74.8 cm³/mol. The molecule has 20 heavy (non-hydrogen) atoms. The van der Waals surface area contributed by atoms with Crippen molar-refractivity contribution in [3.63, 3.8) is 0 Å². The summed E-state index contributed by atoms with van der Waals surface area (Å²) in [6.45, 7) is 4.04. The van der Waals surface area contributed by atoms with Crippen molar-refractivity contribution in [3.8, 4) is 5.69 Å². The molecule has 1 heterocycles. The Morgan fingerprint density at radius 1 is 1.25 bits per heavy atom. The van der Waals surface area contributed by atoms with Crippen LogP contribution in [0.1, 0.15) is 12.5 Å². The molecule has 0 aliphatic carbocycles. The molecule has 0 saturated heterocycles. The molecule has 1 atom stereocenters. The molecule has 1 N–H and O–H groups in total. The van der Waals surface area contributed by atoms with E-state index in [0.717, 1.165) is 16.9 Å². The van der Waals surface area contributed by atoms with Gasteiger partial charge in [-0.1, -0.05) is 6.07 Å². The fourth-order valence-electron chi connectivity index (χ4n) is 2.01. The van der Waals surface area contributed by atoms with Crippen LogP contribution in [0.2, 0.25) is 0 Å². The van der Waals surface area contributed by atoms with Gasteiger partial charge < -0.3 is 14.8 Å². The van der Waals surface area contributed by atoms with Gasteiger partial charge in [0.25, 0.3) is 0 Å². The predicted octanol–water partition coefficient (Wildman–Crippen LogP) is 1.39. The number of hydrogen-bond acceptors (Lipinski definition) is 6. The van der Waals surface area contributed by atoms with Gasteiger partial charge in [0.05, 0.1) is 11.7 Å². The maximum absolute atomic E-state index is 5.25. The summed E-state index contributed by atoms with van der Waals surface area (Å²) in [6, 6.07) is 5.98. The van der Waals surface area contributed by atoms with Crippen LogP contribution >= 0.6 is 0 Å². The molecule has 0 bridgehead atoms. The van der Waals surface area contributed by atoms with E-state index in [-0.39, 0.29) is 12.3 Å². The number of tetrazole rings is 1. The van der Waals surface area contributed by atoms with E-state index in [1.807, 2.05) is 32.0 Å². The van der Waals surface area contributed by atoms with E-state index < -0.39 is 0 Å². The van der Waals surface area contributed by atoms with Gasteiger partial charge in [-0.2, -0.15) is 0 Å². The Morgan fingerprint density at radius 2 is 2.00 bits per heavy atom. The Hall–Kier alpha value is -1.99. The number of aryl methyl sites for hydroxylation is 1. The number of aromatic nitrogens is 4. The van der Waals surface area contributed by atoms with Gasteiger partial charge in [-0.25, -0.2) is 4.68 Å². The number of nitrogens with one attached hydrogen (secondary N) is 1. The van der Waals surface area contributed by atoms with E-state index in [4.69, 9.17) is 9.47 Å². The first-order valence-corrected chi connectivity index (χ1v) is 6.32. The Bertz CT molecular complexity index is 540. The largest absolute Gasteiger partial charge is 0.377 e. The van der Waals surface area contributed by atoms with Crippen LogP contribution in [-0.2, 0) is 9.47 Å². The van der Waals surface area contributed by atoms with Crippen LogP contribution in [0.15, 0.2) is 24.5 Å². The van der Waals surface area contributed by atoms with Gasteiger partial charge in [-0.15, -0.1) is 5.10 Å². The summed E-state index contributed by atoms with van der Waals surface area (Å²) < 4.78 is 12.1. The molecule has 108 valence electrons. The van der Waals surface area contributed by atoms with Crippen molar-refractivity contribution in [2.45, 2.75) is 26.2 Å². The molecule has 7 heteroatoms. The first-order chi connectivity index (χ1) is 9.65. The Kier molecular flexibility index (Phi) is 4.65. The maximum Gasteiger partial charge on any atom is 0.176 e. The zero-order chi connectivity index (χ0) is 14.5. The Morgan fingerprint density at radius 3 is 2.60 bits per heavy atom. The van der Waals surface area contributed by atoms with Crippen LogP contribution in [-0.4, -0.2) is 46.8 Å². The molecule has 7 nitrogen and oxygen atoms in total. The fourth-order valence-corrected chi connectivity index (χ4v) is 2.01. The van der Waals surface area contributed by atoms with Crippen molar-refractivity contribution >= 4 is 5.69 Å². The van der Waals surface area contributed by atoms with E-state index in [9.17, 15) is 0 Å². The van der Waals surface area contributed by atoms with E-state index in [2.05, 4.69) is 20.8 Å². The van der Waals surface area contributed by atoms with Crippen LogP contribution < -0.4 is 5.32 Å². The summed E-state index contributed by atoms with van der Waals surface area (Å²) in [4.78, 5) is 0. The second kappa shape index (κ2) is 6.44. The molecule has 1 unspecified atom stereocenters. The van der Waals surface area contributed by atoms with E-state index >= 15 is 0 Å². The molecule has 0 aliphatic heterocycles. The third-order valence-electron chi connectivity index (χ3n) is 3.09. The van der Waals surface area contributed by atoms with E-state index in [0.29, 0.717) is 0 Å². The van der Waals surface area contributed by atoms with Gasteiger partial charge >= 0.3 is 0 Å². The third-order valence-corrected chi connectivity index (χ3v) is 3.09. The number of methoxy groups -OCH3 is 2. The highest BCUT2D eigenvalue weighted by molar-refractivity contribution is 5.57. The topological polar surface area (TPSA) is 74.1 Å². The number of hydrogen-bond donors (Lipinski definition) is 1. The molecule has 0 aliphatic rings. The summed E-state index contributed by atoms with van der Waals surface area (Å²) in [5, 5.41) is 14.5. The summed E-state index contributed by atoms with van der Waals surface area (Å²) in [5.41, 5.74) is 3.01. The van der Waals surface area contributed by atoms with Crippen LogP contribution in [0.25, 0.3) is 5.69 Å². The van der Waals surface area contributed by atoms with Crippen LogP contribution in [0.5, 0.6) is 0 Å². The van der Waals surface area contributed by atoms with Gasteiger partial charge in [0.15, 0.2) is 6.29 Å². The smallest absolute Gasteiger partial charge is 0.176 e. The molecule has 0 amide bonds. The molecule has 0 radical (unpaired) electrons. The Balaban J connectivity index is 2.21. The van der Waals surface area contributed by atoms with Crippen molar-refractivity contribution in [2.75, 3.05) is 19.5 Å². The number of benzene rings is 1. The fraction of sp³-hybridized carbons (Fsp3) is 0.462. The summed E-state index contributed by atoms with van der Waals surface area (Å²) in [6.07, 6.45) is 1.25. The molecule has 1 aromatic carbocycles. The van der Waals surface area contributed by atoms with Crippen molar-refractivity contribution in [2.24, 2.45) is 0 Å². The average molecular weight is 277 g/mol. The lowest BCUT2D eigenvalue weighted by molar-refractivity contribution is -0.109. The second-order valence-electron chi connectivity index (χ2n) is 4.53. The SMILES string of the molecule is COC(OC)C(C)Nc1cc(-n2cnnn2)ccc1C. The lowest BCUT2D eigenvalue weighted by Gasteiger charge is -2.24. The van der Waals surface area contributed by atoms with Gasteiger partial charge in [0.2, 0.25) is 0 Å². The first-order valence-electron chi connectivity index (χ1n) is 6.32. The second-order valence-corrected chi connectivity index (χ2v) is 4.53. The first kappa shape index (κ1) is 14.4. The van der Waals surface area contributed by atoms with Crippen molar-refractivity contribution in [1.82, 2.24) is 20.2 Å². The molecule has 0 saturated carbocycles. The number of rotatable bonds is 6. The monoisotopic (exact) mass is 277 g/mol. The van der Waals surface area contributed by atoms with Crippen molar-refractivity contribution < 1.29 is 9.47 Å². The Labute approximate surface area is 117 Å². The molecular formula is C13H19N5O2. The highest BCUT2D eigenvalue weighted by Gasteiger charge is 2.16. The summed E-state index contributed by atoms with van der Waals surface area (Å²) in [5.74, 6) is 0. The maximum atomic E-state index is 5.25. The number of nitrogens with zero attached hydrogens (tertiary/aromatic N) is 4. The molecule has 1 aromatic heterocycles. The minimum absolute atomic E-state index is 0.00724. The number of ether oxygens (including phenoxy) is 2. The standard InChI is InChI=1S/C13H19N5O2/c1-9-5-6-11(18-8-14-16-17-18)7-12(9)15-10(2)13(19-3)20-4/h5-8,10,13,15H,1-4H3. The van der Waals surface area contributed by atoms with E-state index in [1.54, 1.807) is 25.2 Å². The van der Waals surface area contributed by atoms with Crippen molar-refractivity contribution in [3.05, 3.63) is 30.1 Å². The minimum Gasteiger partial charge on any atom is -0.377 e. The van der Waals surface area contributed by atoms with Crippen LogP contribution in [0, 0.1) is 6.92 Å². The van der Waals surface area contributed by atoms with E-state index in [1.165, 1.54) is 0 Å². The highest BCUT2D eigenvalue weighted by atomic mass is 16.7.